The van der Waals surface area contributed by atoms with Gasteiger partial charge in [-0.05, 0) is 32.1 Å². The number of anilines is 1. The molecule has 6 heteroatoms. The maximum absolute atomic E-state index is 12.3. The predicted octanol–water partition coefficient (Wildman–Crippen LogP) is 1.39. The molecule has 1 aliphatic heterocycles. The Hall–Kier alpha value is -1.85. The first-order valence-electron chi connectivity index (χ1n) is 7.29. The molecule has 2 amide bonds. The Morgan fingerprint density at radius 3 is 2.60 bits per heavy atom. The van der Waals surface area contributed by atoms with Crippen molar-refractivity contribution in [1.29, 1.82) is 0 Å². The van der Waals surface area contributed by atoms with Crippen molar-refractivity contribution in [1.82, 2.24) is 14.7 Å². The van der Waals surface area contributed by atoms with Gasteiger partial charge in [-0.3, -0.25) is 14.3 Å². The molecule has 20 heavy (non-hydrogen) atoms. The third kappa shape index (κ3) is 2.69. The average molecular weight is 276 g/mol. The Balaban J connectivity index is 1.70. The predicted molar refractivity (Wildman–Crippen MR) is 74.3 cm³/mol. The lowest BCUT2D eigenvalue weighted by molar-refractivity contribution is -0.117. The molecule has 0 aromatic carbocycles. The van der Waals surface area contributed by atoms with Crippen LogP contribution in [0.1, 0.15) is 42.6 Å². The van der Waals surface area contributed by atoms with E-state index in [0.717, 1.165) is 38.8 Å². The molecule has 6 nitrogen and oxygen atoms in total. The fourth-order valence-corrected chi connectivity index (χ4v) is 2.52. The molecule has 3 rings (SSSR count). The molecule has 2 heterocycles. The van der Waals surface area contributed by atoms with E-state index in [9.17, 15) is 9.59 Å². The van der Waals surface area contributed by atoms with E-state index in [0.29, 0.717) is 11.5 Å². The van der Waals surface area contributed by atoms with Crippen LogP contribution in [-0.2, 0) is 11.8 Å². The molecule has 1 aromatic rings. The summed E-state index contributed by atoms with van der Waals surface area (Å²) in [6.45, 7) is 1.61. The van der Waals surface area contributed by atoms with Crippen LogP contribution >= 0.6 is 0 Å². The molecule has 1 saturated heterocycles. The summed E-state index contributed by atoms with van der Waals surface area (Å²) in [7, 11) is 1.75. The number of likely N-dealkylation sites (tertiary alicyclic amines) is 1. The maximum atomic E-state index is 12.3. The van der Waals surface area contributed by atoms with Crippen LogP contribution in [0.25, 0.3) is 0 Å². The number of hydrogen-bond donors (Lipinski definition) is 1. The number of carbonyl (C=O) groups is 2. The van der Waals surface area contributed by atoms with Crippen LogP contribution in [0.2, 0.25) is 0 Å². The van der Waals surface area contributed by atoms with Crippen LogP contribution in [0.15, 0.2) is 6.07 Å². The molecule has 2 aliphatic rings. The Kier molecular flexibility index (Phi) is 3.46. The molecular weight excluding hydrogens is 256 g/mol. The molecule has 1 N–H and O–H groups in total. The SMILES string of the molecule is Cn1nc(C(=O)N2CCCCC2)cc1NC(=O)C1CC1. The lowest BCUT2D eigenvalue weighted by Crippen LogP contribution is -2.35. The van der Waals surface area contributed by atoms with Crippen LogP contribution in [0, 0.1) is 5.92 Å². The molecule has 2 fully saturated rings. The van der Waals surface area contributed by atoms with Crippen LogP contribution in [0.4, 0.5) is 5.82 Å². The van der Waals surface area contributed by atoms with Gasteiger partial charge in [0.2, 0.25) is 5.91 Å². The molecule has 1 aromatic heterocycles. The summed E-state index contributed by atoms with van der Waals surface area (Å²) in [5, 5.41) is 7.07. The van der Waals surface area contributed by atoms with Gasteiger partial charge in [0.05, 0.1) is 0 Å². The minimum atomic E-state index is -0.0350. The molecule has 0 atom stereocenters. The lowest BCUT2D eigenvalue weighted by Gasteiger charge is -2.25. The number of nitrogens with zero attached hydrogens (tertiary/aromatic N) is 3. The fourth-order valence-electron chi connectivity index (χ4n) is 2.52. The summed E-state index contributed by atoms with van der Waals surface area (Å²) in [5.74, 6) is 0.741. The number of rotatable bonds is 3. The van der Waals surface area contributed by atoms with Gasteiger partial charge in [0.1, 0.15) is 5.82 Å². The quantitative estimate of drug-likeness (QED) is 0.907. The van der Waals surface area contributed by atoms with E-state index in [1.54, 1.807) is 17.8 Å². The van der Waals surface area contributed by atoms with Crippen molar-refractivity contribution < 1.29 is 9.59 Å². The largest absolute Gasteiger partial charge is 0.337 e. The number of nitrogens with one attached hydrogen (secondary N) is 1. The molecule has 0 radical (unpaired) electrons. The van der Waals surface area contributed by atoms with E-state index in [4.69, 9.17) is 0 Å². The molecule has 108 valence electrons. The van der Waals surface area contributed by atoms with Crippen molar-refractivity contribution in [2.45, 2.75) is 32.1 Å². The Bertz CT molecular complexity index is 527. The fraction of sp³-hybridized carbons (Fsp3) is 0.643. The van der Waals surface area contributed by atoms with Gasteiger partial charge in [0, 0.05) is 32.1 Å². The summed E-state index contributed by atoms with van der Waals surface area (Å²) < 4.78 is 1.57. The number of piperidine rings is 1. The van der Waals surface area contributed by atoms with Crippen molar-refractivity contribution >= 4 is 17.6 Å². The van der Waals surface area contributed by atoms with E-state index >= 15 is 0 Å². The highest BCUT2D eigenvalue weighted by Crippen LogP contribution is 2.30. The molecule has 0 spiro atoms. The lowest BCUT2D eigenvalue weighted by atomic mass is 10.1. The highest BCUT2D eigenvalue weighted by Gasteiger charge is 2.30. The minimum Gasteiger partial charge on any atom is -0.337 e. The second kappa shape index (κ2) is 5.26. The first-order chi connectivity index (χ1) is 9.65. The number of amides is 2. The van der Waals surface area contributed by atoms with Gasteiger partial charge in [0.25, 0.3) is 5.91 Å². The Labute approximate surface area is 118 Å². The zero-order valence-electron chi connectivity index (χ0n) is 11.8. The van der Waals surface area contributed by atoms with Crippen LogP contribution in [0.5, 0.6) is 0 Å². The van der Waals surface area contributed by atoms with Gasteiger partial charge < -0.3 is 10.2 Å². The first kappa shape index (κ1) is 13.1. The second-order valence-corrected chi connectivity index (χ2v) is 5.65. The van der Waals surface area contributed by atoms with Gasteiger partial charge >= 0.3 is 0 Å². The van der Waals surface area contributed by atoms with Gasteiger partial charge in [-0.25, -0.2) is 0 Å². The van der Waals surface area contributed by atoms with Gasteiger partial charge in [-0.2, -0.15) is 5.10 Å². The number of aromatic nitrogens is 2. The zero-order chi connectivity index (χ0) is 14.1. The smallest absolute Gasteiger partial charge is 0.274 e. The Morgan fingerprint density at radius 2 is 1.95 bits per heavy atom. The molecular formula is C14H20N4O2. The van der Waals surface area contributed by atoms with Crippen LogP contribution in [0.3, 0.4) is 0 Å². The van der Waals surface area contributed by atoms with Crippen molar-refractivity contribution in [2.75, 3.05) is 18.4 Å². The normalized spacial score (nSPS) is 18.9. The van der Waals surface area contributed by atoms with E-state index in [2.05, 4.69) is 10.4 Å². The van der Waals surface area contributed by atoms with Crippen molar-refractivity contribution in [2.24, 2.45) is 13.0 Å². The second-order valence-electron chi connectivity index (χ2n) is 5.65. The van der Waals surface area contributed by atoms with E-state index in [1.165, 1.54) is 6.42 Å². The van der Waals surface area contributed by atoms with Gasteiger partial charge in [-0.1, -0.05) is 0 Å². The molecule has 1 saturated carbocycles. The van der Waals surface area contributed by atoms with Crippen molar-refractivity contribution in [3.05, 3.63) is 11.8 Å². The first-order valence-corrected chi connectivity index (χ1v) is 7.29. The third-order valence-corrected chi connectivity index (χ3v) is 3.94. The monoisotopic (exact) mass is 276 g/mol. The summed E-state index contributed by atoms with van der Waals surface area (Å²) in [6.07, 6.45) is 5.23. The number of aryl methyl sites for hydroxylation is 1. The zero-order valence-corrected chi connectivity index (χ0v) is 11.8. The number of hydrogen-bond acceptors (Lipinski definition) is 3. The van der Waals surface area contributed by atoms with Gasteiger partial charge in [-0.15, -0.1) is 0 Å². The van der Waals surface area contributed by atoms with E-state index < -0.39 is 0 Å². The van der Waals surface area contributed by atoms with Crippen molar-refractivity contribution in [3.8, 4) is 0 Å². The summed E-state index contributed by atoms with van der Waals surface area (Å²) in [4.78, 5) is 25.9. The van der Waals surface area contributed by atoms with Crippen molar-refractivity contribution in [3.63, 3.8) is 0 Å². The summed E-state index contributed by atoms with van der Waals surface area (Å²) in [5.41, 5.74) is 0.417. The topological polar surface area (TPSA) is 67.2 Å². The molecule has 1 aliphatic carbocycles. The van der Waals surface area contributed by atoms with Crippen LogP contribution < -0.4 is 5.32 Å². The van der Waals surface area contributed by atoms with E-state index in [1.807, 2.05) is 4.90 Å². The van der Waals surface area contributed by atoms with E-state index in [-0.39, 0.29) is 17.7 Å². The van der Waals surface area contributed by atoms with Gasteiger partial charge in [0.15, 0.2) is 5.69 Å². The summed E-state index contributed by atoms with van der Waals surface area (Å²) in [6, 6.07) is 1.68. The summed E-state index contributed by atoms with van der Waals surface area (Å²) >= 11 is 0. The highest BCUT2D eigenvalue weighted by molar-refractivity contribution is 5.96. The van der Waals surface area contributed by atoms with Crippen LogP contribution in [-0.4, -0.2) is 39.6 Å². The average Bonchev–Trinajstić information content (AvgIpc) is 3.25. The molecule has 0 unspecified atom stereocenters. The Morgan fingerprint density at radius 1 is 1.25 bits per heavy atom. The highest BCUT2D eigenvalue weighted by atomic mass is 16.2. The number of carbonyl (C=O) groups excluding carboxylic acids is 2. The minimum absolute atomic E-state index is 0.0324. The molecule has 0 bridgehead atoms. The standard InChI is InChI=1S/C14H20N4O2/c1-17-12(15-13(19)10-5-6-10)9-11(16-17)14(20)18-7-3-2-4-8-18/h9-10H,2-8H2,1H3,(H,15,19). The maximum Gasteiger partial charge on any atom is 0.274 e. The third-order valence-electron chi connectivity index (χ3n) is 3.94.